The van der Waals surface area contributed by atoms with E-state index in [-0.39, 0.29) is 17.7 Å². The van der Waals surface area contributed by atoms with Gasteiger partial charge in [-0.1, -0.05) is 12.8 Å². The Hall–Kier alpha value is -1.62. The number of nitrogens with zero attached hydrogens (tertiary/aromatic N) is 1. The molecular formula is C12H16N2O3. The summed E-state index contributed by atoms with van der Waals surface area (Å²) < 4.78 is 0. The highest BCUT2D eigenvalue weighted by Gasteiger charge is 2.24. The highest BCUT2D eigenvalue weighted by molar-refractivity contribution is 5.94. The van der Waals surface area contributed by atoms with Crippen molar-refractivity contribution in [2.24, 2.45) is 0 Å². The quantitative estimate of drug-likeness (QED) is 0.710. The topological polar surface area (TPSA) is 82.5 Å². The molecule has 0 spiro atoms. The van der Waals surface area contributed by atoms with Crippen molar-refractivity contribution in [3.8, 4) is 5.75 Å². The summed E-state index contributed by atoms with van der Waals surface area (Å²) in [6, 6.07) is 1.16. The summed E-state index contributed by atoms with van der Waals surface area (Å²) in [5.74, 6) is -0.346. The lowest BCUT2D eigenvalue weighted by molar-refractivity contribution is 0.0717. The van der Waals surface area contributed by atoms with Gasteiger partial charge in [0, 0.05) is 6.20 Å². The first-order valence-corrected chi connectivity index (χ1v) is 5.80. The van der Waals surface area contributed by atoms with Crippen LogP contribution in [0.15, 0.2) is 18.5 Å². The Morgan fingerprint density at radius 2 is 2.12 bits per heavy atom. The first kappa shape index (κ1) is 11.9. The second kappa shape index (κ2) is 5.14. The van der Waals surface area contributed by atoms with Crippen molar-refractivity contribution in [3.63, 3.8) is 0 Å². The number of hydrogen-bond donors (Lipinski definition) is 3. The molecule has 1 saturated carbocycles. The summed E-state index contributed by atoms with van der Waals surface area (Å²) in [4.78, 5) is 15.6. The molecular weight excluding hydrogens is 220 g/mol. The number of rotatable bonds is 2. The zero-order chi connectivity index (χ0) is 12.3. The van der Waals surface area contributed by atoms with Gasteiger partial charge in [-0.2, -0.15) is 0 Å². The minimum Gasteiger partial charge on any atom is -0.506 e. The first-order chi connectivity index (χ1) is 8.16. The Bertz CT molecular complexity index is 408. The average Bonchev–Trinajstić information content (AvgIpc) is 2.32. The number of pyridine rings is 1. The smallest absolute Gasteiger partial charge is 0.253 e. The van der Waals surface area contributed by atoms with Crippen LogP contribution < -0.4 is 5.32 Å². The SMILES string of the molecule is O=C(N[C@@H]1CCCC[C@H]1O)c1cncc(O)c1. The summed E-state index contributed by atoms with van der Waals surface area (Å²) in [5.41, 5.74) is 0.308. The molecule has 2 rings (SSSR count). The fraction of sp³-hybridized carbons (Fsp3) is 0.500. The van der Waals surface area contributed by atoms with E-state index < -0.39 is 6.10 Å². The van der Waals surface area contributed by atoms with Crippen LogP contribution in [0, 0.1) is 0 Å². The van der Waals surface area contributed by atoms with E-state index in [2.05, 4.69) is 10.3 Å². The van der Waals surface area contributed by atoms with Crippen LogP contribution in [0.25, 0.3) is 0 Å². The fourth-order valence-corrected chi connectivity index (χ4v) is 2.08. The summed E-state index contributed by atoms with van der Waals surface area (Å²) in [5, 5.41) is 21.7. The fourth-order valence-electron chi connectivity index (χ4n) is 2.08. The summed E-state index contributed by atoms with van der Waals surface area (Å²) >= 11 is 0. The van der Waals surface area contributed by atoms with E-state index in [0.29, 0.717) is 5.56 Å². The van der Waals surface area contributed by atoms with Crippen molar-refractivity contribution in [3.05, 3.63) is 24.0 Å². The third kappa shape index (κ3) is 2.94. The van der Waals surface area contributed by atoms with Gasteiger partial charge in [0.15, 0.2) is 0 Å². The number of aromatic hydroxyl groups is 1. The highest BCUT2D eigenvalue weighted by atomic mass is 16.3. The number of amides is 1. The first-order valence-electron chi connectivity index (χ1n) is 5.80. The molecule has 1 fully saturated rings. The van der Waals surface area contributed by atoms with Crippen LogP contribution in [0.2, 0.25) is 0 Å². The predicted molar refractivity (Wildman–Crippen MR) is 61.6 cm³/mol. The minimum atomic E-state index is -0.474. The molecule has 1 amide bonds. The van der Waals surface area contributed by atoms with Crippen molar-refractivity contribution in [1.29, 1.82) is 0 Å². The van der Waals surface area contributed by atoms with Gasteiger partial charge >= 0.3 is 0 Å². The Labute approximate surface area is 99.5 Å². The van der Waals surface area contributed by atoms with E-state index in [1.54, 1.807) is 0 Å². The second-order valence-corrected chi connectivity index (χ2v) is 4.36. The van der Waals surface area contributed by atoms with E-state index in [1.807, 2.05) is 0 Å². The van der Waals surface area contributed by atoms with E-state index in [0.717, 1.165) is 25.7 Å². The molecule has 3 N–H and O–H groups in total. The Kier molecular flexibility index (Phi) is 3.58. The highest BCUT2D eigenvalue weighted by Crippen LogP contribution is 2.19. The van der Waals surface area contributed by atoms with Crippen molar-refractivity contribution in [2.45, 2.75) is 37.8 Å². The Balaban J connectivity index is 2.01. The van der Waals surface area contributed by atoms with Crippen LogP contribution in [0.3, 0.4) is 0 Å². The molecule has 0 saturated heterocycles. The largest absolute Gasteiger partial charge is 0.506 e. The van der Waals surface area contributed by atoms with Gasteiger partial charge in [0.2, 0.25) is 0 Å². The molecule has 1 aromatic rings. The molecule has 0 radical (unpaired) electrons. The molecule has 5 nitrogen and oxygen atoms in total. The van der Waals surface area contributed by atoms with Crippen LogP contribution in [0.1, 0.15) is 36.0 Å². The maximum atomic E-state index is 11.8. The molecule has 1 aliphatic rings. The molecule has 1 heterocycles. The molecule has 0 aliphatic heterocycles. The lowest BCUT2D eigenvalue weighted by atomic mass is 9.92. The lowest BCUT2D eigenvalue weighted by Crippen LogP contribution is -2.45. The standard InChI is InChI=1S/C12H16N2O3/c15-9-5-8(6-13-7-9)12(17)14-10-3-1-2-4-11(10)16/h5-7,10-11,15-16H,1-4H2,(H,14,17)/t10-,11-/m1/s1. The molecule has 1 aliphatic carbocycles. The van der Waals surface area contributed by atoms with Gasteiger partial charge < -0.3 is 15.5 Å². The average molecular weight is 236 g/mol. The number of carbonyl (C=O) groups is 1. The van der Waals surface area contributed by atoms with E-state index in [1.165, 1.54) is 18.5 Å². The molecule has 0 aromatic carbocycles. The van der Waals surface area contributed by atoms with Crippen molar-refractivity contribution >= 4 is 5.91 Å². The molecule has 1 aromatic heterocycles. The third-order valence-corrected chi connectivity index (χ3v) is 3.03. The van der Waals surface area contributed by atoms with Gasteiger partial charge in [0.1, 0.15) is 5.75 Å². The Morgan fingerprint density at radius 3 is 2.82 bits per heavy atom. The zero-order valence-corrected chi connectivity index (χ0v) is 9.47. The van der Waals surface area contributed by atoms with E-state index in [4.69, 9.17) is 0 Å². The van der Waals surface area contributed by atoms with Crippen LogP contribution in [-0.4, -0.2) is 33.3 Å². The molecule has 0 unspecified atom stereocenters. The Morgan fingerprint density at radius 1 is 1.35 bits per heavy atom. The molecule has 17 heavy (non-hydrogen) atoms. The van der Waals surface area contributed by atoms with E-state index in [9.17, 15) is 15.0 Å². The van der Waals surface area contributed by atoms with Crippen LogP contribution in [-0.2, 0) is 0 Å². The summed E-state index contributed by atoms with van der Waals surface area (Å²) in [6.07, 6.45) is 5.72. The second-order valence-electron chi connectivity index (χ2n) is 4.36. The van der Waals surface area contributed by atoms with Gasteiger partial charge in [0.05, 0.1) is 23.9 Å². The lowest BCUT2D eigenvalue weighted by Gasteiger charge is -2.28. The minimum absolute atomic E-state index is 0.0400. The summed E-state index contributed by atoms with van der Waals surface area (Å²) in [6.45, 7) is 0. The van der Waals surface area contributed by atoms with Gasteiger partial charge in [0.25, 0.3) is 5.91 Å². The van der Waals surface area contributed by atoms with Crippen LogP contribution >= 0.6 is 0 Å². The molecule has 0 bridgehead atoms. The van der Waals surface area contributed by atoms with Crippen molar-refractivity contribution < 1.29 is 15.0 Å². The zero-order valence-electron chi connectivity index (χ0n) is 9.47. The van der Waals surface area contributed by atoms with Crippen LogP contribution in [0.4, 0.5) is 0 Å². The maximum Gasteiger partial charge on any atom is 0.253 e. The number of hydrogen-bond acceptors (Lipinski definition) is 4. The predicted octanol–water partition coefficient (Wildman–Crippen LogP) is 0.820. The number of aromatic nitrogens is 1. The molecule has 2 atom stereocenters. The van der Waals surface area contributed by atoms with Gasteiger partial charge in [-0.25, -0.2) is 0 Å². The monoisotopic (exact) mass is 236 g/mol. The molecule has 92 valence electrons. The van der Waals surface area contributed by atoms with Crippen molar-refractivity contribution in [2.75, 3.05) is 0 Å². The maximum absolute atomic E-state index is 11.8. The number of aliphatic hydroxyl groups is 1. The van der Waals surface area contributed by atoms with E-state index >= 15 is 0 Å². The van der Waals surface area contributed by atoms with Gasteiger partial charge in [-0.05, 0) is 18.9 Å². The third-order valence-electron chi connectivity index (χ3n) is 3.03. The summed E-state index contributed by atoms with van der Waals surface area (Å²) in [7, 11) is 0. The van der Waals surface area contributed by atoms with Gasteiger partial charge in [-0.15, -0.1) is 0 Å². The van der Waals surface area contributed by atoms with Gasteiger partial charge in [-0.3, -0.25) is 9.78 Å². The van der Waals surface area contributed by atoms with Crippen molar-refractivity contribution in [1.82, 2.24) is 10.3 Å². The number of nitrogens with one attached hydrogen (secondary N) is 1. The van der Waals surface area contributed by atoms with Crippen LogP contribution in [0.5, 0.6) is 5.75 Å². The number of aliphatic hydroxyl groups excluding tert-OH is 1. The molecule has 5 heteroatoms. The number of carbonyl (C=O) groups excluding carboxylic acids is 1. The normalized spacial score (nSPS) is 24.3.